The van der Waals surface area contributed by atoms with Gasteiger partial charge in [-0.1, -0.05) is 164 Å². The maximum Gasteiger partial charge on any atom is 0.411 e. The summed E-state index contributed by atoms with van der Waals surface area (Å²) < 4.78 is 73.3. The summed E-state index contributed by atoms with van der Waals surface area (Å²) in [6, 6.07) is 30.7. The summed E-state index contributed by atoms with van der Waals surface area (Å²) in [6.45, 7) is 5.74. The fourth-order valence-corrected chi connectivity index (χ4v) is 15.0. The molecule has 0 N–H and O–H groups in total. The summed E-state index contributed by atoms with van der Waals surface area (Å²) in [7, 11) is -6.72. The van der Waals surface area contributed by atoms with Crippen LogP contribution in [0.3, 0.4) is 0 Å². The molecule has 16 heteroatoms. The van der Waals surface area contributed by atoms with E-state index in [-0.39, 0.29) is 37.4 Å². The SMILES string of the molecule is CCCCCCC(=O)O[C@@H]1COC2C1OC[C@@H]2OC(=O)CCCCCCCCCCSCCOP1(=O)Oc2ccccc2-c2ccccc21.CCCCCCSCCOP1(=O)Oc2ccccc2-c2ccccc21. The molecule has 4 heterocycles. The normalized spacial score (nSPS) is 21.9. The number of rotatable bonds is 31. The van der Waals surface area contributed by atoms with E-state index in [0.29, 0.717) is 48.2 Å². The Morgan fingerprint density at radius 1 is 0.473 bits per heavy atom. The summed E-state index contributed by atoms with van der Waals surface area (Å²) in [6.07, 6.45) is 17.3. The predicted molar refractivity (Wildman–Crippen MR) is 300 cm³/mol. The van der Waals surface area contributed by atoms with Crippen LogP contribution in [0.5, 0.6) is 11.5 Å². The highest BCUT2D eigenvalue weighted by Gasteiger charge is 2.51. The highest BCUT2D eigenvalue weighted by molar-refractivity contribution is 7.99. The Kier molecular flexibility index (Phi) is 24.3. The average molecular weight is 1090 g/mol. The number of hydrogen-bond donors (Lipinski definition) is 0. The standard InChI is InChI=1S/C38H53O9PS.C20H25O3PS/c1-2-3-4-11-22-35(39)45-32-27-42-38-33(28-43-37(32)38)46-36(40)23-12-9-7-5-6-8-10-17-25-49-26-24-44-48(41)34-21-16-14-19-30(34)29-18-13-15-20-31(29)47-48;1-2-3-4-9-15-25-16-14-22-24(21)20-13-8-6-11-18(20)17-10-5-7-12-19(17)23-24/h13-16,18-21,32-33,37-38H,2-12,17,22-28H2,1H3;5-8,10-13H,2-4,9,14-16H2,1H3/t32-,33+,37?,38?,48?;/m1./s1. The fourth-order valence-electron chi connectivity index (χ4n) is 9.55. The molecule has 4 aromatic carbocycles. The Morgan fingerprint density at radius 3 is 1.28 bits per heavy atom. The van der Waals surface area contributed by atoms with Crippen molar-refractivity contribution in [2.24, 2.45) is 0 Å². The van der Waals surface area contributed by atoms with E-state index >= 15 is 0 Å². The van der Waals surface area contributed by atoms with E-state index in [2.05, 4.69) is 13.8 Å². The van der Waals surface area contributed by atoms with Gasteiger partial charge in [0.1, 0.15) is 23.7 Å². The first-order valence-corrected chi connectivity index (χ1v) is 32.7. The lowest BCUT2D eigenvalue weighted by Crippen LogP contribution is -2.35. The second-order valence-corrected chi connectivity index (χ2v) is 25.5. The summed E-state index contributed by atoms with van der Waals surface area (Å²) in [4.78, 5) is 24.6. The van der Waals surface area contributed by atoms with Gasteiger partial charge in [-0.25, -0.2) is 9.13 Å². The average Bonchev–Trinajstić information content (AvgIpc) is 4.01. The van der Waals surface area contributed by atoms with Crippen molar-refractivity contribution in [3.8, 4) is 33.8 Å². The lowest BCUT2D eigenvalue weighted by molar-refractivity contribution is -0.155. The zero-order valence-electron chi connectivity index (χ0n) is 43.5. The molecule has 8 rings (SSSR count). The molecule has 2 fully saturated rings. The van der Waals surface area contributed by atoms with Crippen molar-refractivity contribution in [1.82, 2.24) is 0 Å². The van der Waals surface area contributed by atoms with Crippen molar-refractivity contribution >= 4 is 61.3 Å². The Morgan fingerprint density at radius 2 is 0.838 bits per heavy atom. The summed E-state index contributed by atoms with van der Waals surface area (Å²) in [5.74, 6) is 4.61. The van der Waals surface area contributed by atoms with Crippen LogP contribution in [0.1, 0.15) is 129 Å². The Bertz CT molecular complexity index is 2450. The number of ether oxygens (including phenoxy) is 4. The molecular weight excluding hydrogens is 1010 g/mol. The third-order valence-electron chi connectivity index (χ3n) is 13.5. The van der Waals surface area contributed by atoms with Gasteiger partial charge in [-0.15, -0.1) is 0 Å². The van der Waals surface area contributed by atoms with Gasteiger partial charge >= 0.3 is 27.1 Å². The van der Waals surface area contributed by atoms with E-state index < -0.39 is 27.4 Å². The molecule has 74 heavy (non-hydrogen) atoms. The molecule has 404 valence electrons. The minimum atomic E-state index is -3.41. The summed E-state index contributed by atoms with van der Waals surface area (Å²) in [5.41, 5.74) is 3.78. The van der Waals surface area contributed by atoms with Gasteiger partial charge in [0.05, 0.1) is 37.0 Å². The number of esters is 2. The molecule has 0 amide bonds. The number of hydrogen-bond acceptors (Lipinski definition) is 14. The second kappa shape index (κ2) is 31.0. The fraction of sp³-hybridized carbons (Fsp3) is 0.552. The van der Waals surface area contributed by atoms with Crippen LogP contribution in [-0.4, -0.2) is 85.8 Å². The number of carbonyl (C=O) groups is 2. The molecule has 4 aromatic rings. The monoisotopic (exact) mass is 1090 g/mol. The summed E-state index contributed by atoms with van der Waals surface area (Å²) in [5, 5.41) is 1.31. The van der Waals surface area contributed by atoms with E-state index in [1.54, 1.807) is 0 Å². The molecule has 2 saturated heterocycles. The Hall–Kier alpha value is -3.58. The topological polar surface area (TPSA) is 142 Å². The van der Waals surface area contributed by atoms with Gasteiger partial charge in [0.15, 0.2) is 12.2 Å². The number of benzene rings is 4. The molecule has 0 spiro atoms. The quantitative estimate of drug-likeness (QED) is 0.0268. The maximum absolute atomic E-state index is 13.6. The zero-order chi connectivity index (χ0) is 51.9. The zero-order valence-corrected chi connectivity index (χ0v) is 47.0. The molecule has 0 bridgehead atoms. The lowest BCUT2D eigenvalue weighted by Gasteiger charge is -2.27. The smallest absolute Gasteiger partial charge is 0.411 e. The van der Waals surface area contributed by atoms with Gasteiger partial charge in [0.2, 0.25) is 0 Å². The van der Waals surface area contributed by atoms with Gasteiger partial charge in [-0.3, -0.25) is 18.6 Å². The van der Waals surface area contributed by atoms with Gasteiger partial charge in [0, 0.05) is 46.6 Å². The van der Waals surface area contributed by atoms with Gasteiger partial charge < -0.3 is 28.0 Å². The van der Waals surface area contributed by atoms with Gasteiger partial charge in [0.25, 0.3) is 0 Å². The van der Waals surface area contributed by atoms with Crippen LogP contribution in [-0.2, 0) is 46.7 Å². The first-order chi connectivity index (χ1) is 36.2. The van der Waals surface area contributed by atoms with Crippen molar-refractivity contribution in [2.75, 3.05) is 49.4 Å². The largest absolute Gasteiger partial charge is 0.457 e. The van der Waals surface area contributed by atoms with Crippen molar-refractivity contribution in [2.45, 2.75) is 154 Å². The number of thioether (sulfide) groups is 2. The molecular formula is C58H78O12P2S2. The highest BCUT2D eigenvalue weighted by Crippen LogP contribution is 2.56. The highest BCUT2D eigenvalue weighted by atomic mass is 32.2. The molecule has 6 atom stereocenters. The molecule has 4 aliphatic rings. The molecule has 0 aromatic heterocycles. The number of unbranched alkanes of at least 4 members (excludes halogenated alkanes) is 13. The van der Waals surface area contributed by atoms with E-state index in [1.807, 2.05) is 121 Å². The van der Waals surface area contributed by atoms with E-state index in [0.717, 1.165) is 96.6 Å². The van der Waals surface area contributed by atoms with Gasteiger partial charge in [-0.05, 0) is 61.5 Å². The van der Waals surface area contributed by atoms with E-state index in [1.165, 1.54) is 51.4 Å². The number of carbonyl (C=O) groups excluding carboxylic acids is 2. The molecule has 4 aliphatic heterocycles. The first kappa shape index (κ1) is 58.1. The van der Waals surface area contributed by atoms with Crippen LogP contribution in [0.25, 0.3) is 22.3 Å². The van der Waals surface area contributed by atoms with Crippen molar-refractivity contribution in [3.63, 3.8) is 0 Å². The molecule has 4 unspecified atom stereocenters. The van der Waals surface area contributed by atoms with Crippen LogP contribution < -0.4 is 19.7 Å². The minimum absolute atomic E-state index is 0.212. The first-order valence-electron chi connectivity index (χ1n) is 27.3. The van der Waals surface area contributed by atoms with Crippen LogP contribution in [0, 0.1) is 0 Å². The van der Waals surface area contributed by atoms with Crippen molar-refractivity contribution < 1.29 is 55.8 Å². The second-order valence-electron chi connectivity index (χ2n) is 19.2. The Balaban J connectivity index is 0.000000267. The van der Waals surface area contributed by atoms with Crippen molar-refractivity contribution in [1.29, 1.82) is 0 Å². The van der Waals surface area contributed by atoms with Crippen LogP contribution in [0.15, 0.2) is 97.1 Å². The third kappa shape index (κ3) is 17.0. The van der Waals surface area contributed by atoms with E-state index in [9.17, 15) is 18.7 Å². The van der Waals surface area contributed by atoms with Crippen LogP contribution in [0.4, 0.5) is 0 Å². The molecule has 12 nitrogen and oxygen atoms in total. The Labute approximate surface area is 448 Å². The van der Waals surface area contributed by atoms with Crippen molar-refractivity contribution in [3.05, 3.63) is 97.1 Å². The maximum atomic E-state index is 13.6. The number of fused-ring (bicyclic) bond motifs is 7. The molecule has 0 radical (unpaired) electrons. The third-order valence-corrected chi connectivity index (χ3v) is 19.4. The molecule has 0 aliphatic carbocycles. The van der Waals surface area contributed by atoms with Crippen LogP contribution >= 0.6 is 38.7 Å². The minimum Gasteiger partial charge on any atom is -0.457 e. The predicted octanol–water partition coefficient (Wildman–Crippen LogP) is 14.3. The van der Waals surface area contributed by atoms with Crippen LogP contribution in [0.2, 0.25) is 0 Å². The summed E-state index contributed by atoms with van der Waals surface area (Å²) >= 11 is 3.68. The van der Waals surface area contributed by atoms with E-state index in [4.69, 9.17) is 37.0 Å². The number of para-hydroxylation sites is 2. The molecule has 0 saturated carbocycles. The van der Waals surface area contributed by atoms with Gasteiger partial charge in [-0.2, -0.15) is 23.5 Å². The lowest BCUT2D eigenvalue weighted by atomic mass is 10.0.